The van der Waals surface area contributed by atoms with Crippen molar-refractivity contribution in [3.05, 3.63) is 0 Å². The highest BCUT2D eigenvalue weighted by atomic mass is 16.5. The van der Waals surface area contributed by atoms with Crippen molar-refractivity contribution in [2.24, 2.45) is 23.5 Å². The number of carbonyl (C=O) groups is 4. The predicted molar refractivity (Wildman–Crippen MR) is 83.3 cm³/mol. The van der Waals surface area contributed by atoms with Crippen LogP contribution < -0.4 is 11.1 Å². The van der Waals surface area contributed by atoms with Gasteiger partial charge in [0.1, 0.15) is 12.1 Å². The minimum absolute atomic E-state index is 0.0492. The molecule has 0 aromatic rings. The lowest BCUT2D eigenvalue weighted by Crippen LogP contribution is -2.54. The molecule has 0 heterocycles. The molecule has 0 aromatic carbocycles. The molecule has 0 bridgehead atoms. The Morgan fingerprint density at radius 2 is 1.50 bits per heavy atom. The zero-order chi connectivity index (χ0) is 19.0. The van der Waals surface area contributed by atoms with E-state index in [0.29, 0.717) is 0 Å². The molecule has 9 nitrogen and oxygen atoms in total. The van der Waals surface area contributed by atoms with Gasteiger partial charge in [0.2, 0.25) is 11.8 Å². The third-order valence-electron chi connectivity index (χ3n) is 3.56. The summed E-state index contributed by atoms with van der Waals surface area (Å²) in [6.45, 7) is 5.01. The molecule has 0 saturated heterocycles. The lowest BCUT2D eigenvalue weighted by molar-refractivity contribution is -0.162. The zero-order valence-electron chi connectivity index (χ0n) is 14.6. The molecule has 138 valence electrons. The van der Waals surface area contributed by atoms with Crippen LogP contribution in [-0.2, 0) is 28.7 Å². The monoisotopic (exact) mass is 346 g/mol. The van der Waals surface area contributed by atoms with Crippen LogP contribution in [0.15, 0.2) is 0 Å². The van der Waals surface area contributed by atoms with Crippen molar-refractivity contribution in [1.29, 1.82) is 0 Å². The largest absolute Gasteiger partial charge is 0.468 e. The first-order chi connectivity index (χ1) is 11.1. The van der Waals surface area contributed by atoms with Gasteiger partial charge in [0.05, 0.1) is 14.2 Å². The third-order valence-corrected chi connectivity index (χ3v) is 3.56. The van der Waals surface area contributed by atoms with Gasteiger partial charge in [0.25, 0.3) is 0 Å². The molecule has 0 aliphatic rings. The number of hydrogen-bond acceptors (Lipinski definition) is 7. The maximum Gasteiger partial charge on any atom is 0.320 e. The summed E-state index contributed by atoms with van der Waals surface area (Å²) in [5.74, 6) is -6.03. The number of methoxy groups -OCH3 is 2. The Bertz CT molecular complexity index is 462. The summed E-state index contributed by atoms with van der Waals surface area (Å²) in [5, 5.41) is 12.1. The molecule has 0 rings (SSSR count). The normalized spacial score (nSPS) is 14.7. The van der Waals surface area contributed by atoms with Gasteiger partial charge in [0.15, 0.2) is 5.92 Å². The summed E-state index contributed by atoms with van der Waals surface area (Å²) < 4.78 is 9.07. The number of carbonyl (C=O) groups excluding carboxylic acids is 4. The quantitative estimate of drug-likeness (QED) is 0.357. The summed E-state index contributed by atoms with van der Waals surface area (Å²) in [5.41, 5.74) is 5.27. The van der Waals surface area contributed by atoms with E-state index in [1.165, 1.54) is 6.92 Å². The Morgan fingerprint density at radius 3 is 1.83 bits per heavy atom. The molecular formula is C15H26N2O7. The van der Waals surface area contributed by atoms with E-state index in [2.05, 4.69) is 14.8 Å². The molecule has 0 radical (unpaired) electrons. The molecule has 0 spiro atoms. The fourth-order valence-electron chi connectivity index (χ4n) is 2.24. The Kier molecular flexibility index (Phi) is 8.97. The molecule has 2 amide bonds. The fourth-order valence-corrected chi connectivity index (χ4v) is 2.24. The molecule has 0 fully saturated rings. The predicted octanol–water partition coefficient (Wildman–Crippen LogP) is -1.04. The molecule has 0 aromatic heterocycles. The van der Waals surface area contributed by atoms with E-state index < -0.39 is 47.7 Å². The number of amides is 2. The molecule has 24 heavy (non-hydrogen) atoms. The lowest BCUT2D eigenvalue weighted by atomic mass is 9.86. The van der Waals surface area contributed by atoms with Crippen molar-refractivity contribution < 1.29 is 33.8 Å². The van der Waals surface area contributed by atoms with Crippen LogP contribution in [0.5, 0.6) is 0 Å². The Morgan fingerprint density at radius 1 is 1.04 bits per heavy atom. The minimum atomic E-state index is -1.44. The van der Waals surface area contributed by atoms with E-state index in [1.54, 1.807) is 0 Å². The van der Waals surface area contributed by atoms with E-state index in [0.717, 1.165) is 14.2 Å². The highest BCUT2D eigenvalue weighted by Crippen LogP contribution is 2.20. The zero-order valence-corrected chi connectivity index (χ0v) is 14.6. The number of nitrogens with two attached hydrogens (primary N) is 1. The van der Waals surface area contributed by atoms with E-state index in [4.69, 9.17) is 5.73 Å². The van der Waals surface area contributed by atoms with Crippen LogP contribution in [0.1, 0.15) is 27.2 Å². The SMILES string of the molecule is COC(=O)C(C(=O)OC)[C@H](C)[C@@H](NC(=O)[C@H](O)CC(C)C)C(N)=O. The maximum absolute atomic E-state index is 12.0. The second kappa shape index (κ2) is 9.86. The van der Waals surface area contributed by atoms with Crippen LogP contribution >= 0.6 is 0 Å². The summed E-state index contributed by atoms with van der Waals surface area (Å²) >= 11 is 0. The average molecular weight is 346 g/mol. The van der Waals surface area contributed by atoms with Crippen LogP contribution in [0.4, 0.5) is 0 Å². The van der Waals surface area contributed by atoms with Crippen molar-refractivity contribution in [3.63, 3.8) is 0 Å². The molecule has 0 aliphatic heterocycles. The van der Waals surface area contributed by atoms with Gasteiger partial charge in [-0.05, 0) is 12.3 Å². The van der Waals surface area contributed by atoms with Crippen molar-refractivity contribution >= 4 is 23.8 Å². The van der Waals surface area contributed by atoms with Crippen molar-refractivity contribution in [1.82, 2.24) is 5.32 Å². The third kappa shape index (κ3) is 6.15. The van der Waals surface area contributed by atoms with E-state index >= 15 is 0 Å². The van der Waals surface area contributed by atoms with Gasteiger partial charge in [-0.15, -0.1) is 0 Å². The summed E-state index contributed by atoms with van der Waals surface area (Å²) in [7, 11) is 2.16. The van der Waals surface area contributed by atoms with E-state index in [9.17, 15) is 24.3 Å². The summed E-state index contributed by atoms with van der Waals surface area (Å²) in [6.07, 6.45) is -1.16. The first-order valence-corrected chi connectivity index (χ1v) is 7.50. The van der Waals surface area contributed by atoms with Gasteiger partial charge >= 0.3 is 11.9 Å². The average Bonchev–Trinajstić information content (AvgIpc) is 2.50. The Balaban J connectivity index is 5.34. The van der Waals surface area contributed by atoms with Gasteiger partial charge in [-0.3, -0.25) is 19.2 Å². The number of esters is 2. The topological polar surface area (TPSA) is 145 Å². The number of nitrogens with one attached hydrogen (secondary N) is 1. The number of ether oxygens (including phenoxy) is 2. The van der Waals surface area contributed by atoms with Crippen LogP contribution in [-0.4, -0.2) is 55.2 Å². The maximum atomic E-state index is 12.0. The molecule has 4 N–H and O–H groups in total. The van der Waals surface area contributed by atoms with Gasteiger partial charge in [-0.25, -0.2) is 0 Å². The van der Waals surface area contributed by atoms with E-state index in [-0.39, 0.29) is 12.3 Å². The number of aliphatic hydroxyl groups excluding tert-OH is 1. The van der Waals surface area contributed by atoms with Gasteiger partial charge in [-0.1, -0.05) is 20.8 Å². The second-order valence-corrected chi connectivity index (χ2v) is 5.92. The number of hydrogen-bond donors (Lipinski definition) is 3. The summed E-state index contributed by atoms with van der Waals surface area (Å²) in [4.78, 5) is 47.3. The number of rotatable bonds is 9. The first-order valence-electron chi connectivity index (χ1n) is 7.50. The minimum Gasteiger partial charge on any atom is -0.468 e. The molecule has 3 atom stereocenters. The van der Waals surface area contributed by atoms with Gasteiger partial charge in [0, 0.05) is 5.92 Å². The molecular weight excluding hydrogens is 320 g/mol. The van der Waals surface area contributed by atoms with Crippen molar-refractivity contribution in [2.45, 2.75) is 39.3 Å². The van der Waals surface area contributed by atoms with Crippen LogP contribution in [0.25, 0.3) is 0 Å². The lowest BCUT2D eigenvalue weighted by Gasteiger charge is -2.27. The highest BCUT2D eigenvalue weighted by Gasteiger charge is 2.41. The fraction of sp³-hybridized carbons (Fsp3) is 0.733. The van der Waals surface area contributed by atoms with Crippen molar-refractivity contribution in [3.8, 4) is 0 Å². The van der Waals surface area contributed by atoms with E-state index in [1.807, 2.05) is 13.8 Å². The molecule has 0 saturated carbocycles. The van der Waals surface area contributed by atoms with Gasteiger partial charge < -0.3 is 25.6 Å². The second-order valence-electron chi connectivity index (χ2n) is 5.92. The summed E-state index contributed by atoms with van der Waals surface area (Å²) in [6, 6.07) is -1.36. The number of primary amides is 1. The highest BCUT2D eigenvalue weighted by molar-refractivity contribution is 5.97. The van der Waals surface area contributed by atoms with Crippen LogP contribution in [0, 0.1) is 17.8 Å². The number of aliphatic hydroxyl groups is 1. The first kappa shape index (κ1) is 21.8. The Labute approximate surface area is 140 Å². The van der Waals surface area contributed by atoms with Crippen molar-refractivity contribution in [2.75, 3.05) is 14.2 Å². The van der Waals surface area contributed by atoms with Crippen LogP contribution in [0.2, 0.25) is 0 Å². The van der Waals surface area contributed by atoms with Gasteiger partial charge in [-0.2, -0.15) is 0 Å². The molecule has 9 heteroatoms. The van der Waals surface area contributed by atoms with Crippen LogP contribution in [0.3, 0.4) is 0 Å². The molecule has 0 aliphatic carbocycles. The Hall–Kier alpha value is -2.16. The molecule has 0 unspecified atom stereocenters. The standard InChI is InChI=1S/C15H26N2O7/c1-7(2)6-9(18)13(20)17-11(12(16)19)8(3)10(14(21)23-4)15(22)24-5/h7-11,18H,6H2,1-5H3,(H2,16,19)(H,17,20)/t8-,9+,11+/m0/s1. The smallest absolute Gasteiger partial charge is 0.320 e.